The SMILES string of the molecule is Nc1ccc(CC(=O)NC(c2ccccc2)c2ccccc2N2CCCCC2)cc1. The third-order valence-electron chi connectivity index (χ3n) is 5.73. The Morgan fingerprint density at radius 1 is 0.867 bits per heavy atom. The highest BCUT2D eigenvalue weighted by atomic mass is 16.1. The molecule has 0 radical (unpaired) electrons. The first-order chi connectivity index (χ1) is 14.7. The smallest absolute Gasteiger partial charge is 0.225 e. The van der Waals surface area contributed by atoms with E-state index in [-0.39, 0.29) is 11.9 Å². The number of hydrogen-bond acceptors (Lipinski definition) is 3. The van der Waals surface area contributed by atoms with Gasteiger partial charge in [0, 0.05) is 30.0 Å². The van der Waals surface area contributed by atoms with E-state index in [4.69, 9.17) is 5.73 Å². The average Bonchev–Trinajstić information content (AvgIpc) is 2.80. The Hall–Kier alpha value is -3.27. The van der Waals surface area contributed by atoms with Crippen molar-refractivity contribution in [2.45, 2.75) is 31.7 Å². The second kappa shape index (κ2) is 9.49. The number of anilines is 2. The zero-order valence-electron chi connectivity index (χ0n) is 17.3. The molecule has 3 aromatic carbocycles. The lowest BCUT2D eigenvalue weighted by Crippen LogP contribution is -2.34. The van der Waals surface area contributed by atoms with Crippen LogP contribution in [0.2, 0.25) is 0 Å². The summed E-state index contributed by atoms with van der Waals surface area (Å²) in [5.41, 5.74) is 10.9. The number of carbonyl (C=O) groups excluding carboxylic acids is 1. The molecule has 4 heteroatoms. The number of piperidine rings is 1. The summed E-state index contributed by atoms with van der Waals surface area (Å²) in [5, 5.41) is 3.30. The average molecular weight is 400 g/mol. The van der Waals surface area contributed by atoms with Gasteiger partial charge in [0.25, 0.3) is 0 Å². The number of nitrogens with zero attached hydrogens (tertiary/aromatic N) is 1. The highest BCUT2D eigenvalue weighted by molar-refractivity contribution is 5.80. The van der Waals surface area contributed by atoms with Crippen LogP contribution in [-0.2, 0) is 11.2 Å². The fraction of sp³-hybridized carbons (Fsp3) is 0.269. The Morgan fingerprint density at radius 3 is 2.27 bits per heavy atom. The van der Waals surface area contributed by atoms with Gasteiger partial charge < -0.3 is 16.0 Å². The minimum Gasteiger partial charge on any atom is -0.399 e. The normalized spacial score (nSPS) is 14.9. The van der Waals surface area contributed by atoms with E-state index in [9.17, 15) is 4.79 Å². The third-order valence-corrected chi connectivity index (χ3v) is 5.73. The second-order valence-corrected chi connectivity index (χ2v) is 7.94. The molecule has 1 fully saturated rings. The molecule has 1 aliphatic heterocycles. The van der Waals surface area contributed by atoms with Gasteiger partial charge in [-0.1, -0.05) is 60.7 Å². The van der Waals surface area contributed by atoms with Crippen LogP contribution in [0, 0.1) is 0 Å². The maximum absolute atomic E-state index is 13.0. The summed E-state index contributed by atoms with van der Waals surface area (Å²) in [4.78, 5) is 15.4. The number of nitrogens with one attached hydrogen (secondary N) is 1. The van der Waals surface area contributed by atoms with Gasteiger partial charge in [0.1, 0.15) is 0 Å². The van der Waals surface area contributed by atoms with Gasteiger partial charge in [-0.3, -0.25) is 4.79 Å². The summed E-state index contributed by atoms with van der Waals surface area (Å²) in [6.07, 6.45) is 4.05. The summed E-state index contributed by atoms with van der Waals surface area (Å²) in [5.74, 6) is 0.00192. The van der Waals surface area contributed by atoms with E-state index in [2.05, 4.69) is 46.6 Å². The van der Waals surface area contributed by atoms with E-state index in [0.717, 1.165) is 29.8 Å². The van der Waals surface area contributed by atoms with E-state index < -0.39 is 0 Å². The van der Waals surface area contributed by atoms with Crippen molar-refractivity contribution < 1.29 is 4.79 Å². The number of rotatable bonds is 6. The molecular weight excluding hydrogens is 370 g/mol. The van der Waals surface area contributed by atoms with Crippen LogP contribution in [-0.4, -0.2) is 19.0 Å². The molecule has 0 spiro atoms. The van der Waals surface area contributed by atoms with Crippen LogP contribution in [0.25, 0.3) is 0 Å². The van der Waals surface area contributed by atoms with Crippen LogP contribution in [0.4, 0.5) is 11.4 Å². The van der Waals surface area contributed by atoms with Gasteiger partial charge in [-0.25, -0.2) is 0 Å². The van der Waals surface area contributed by atoms with E-state index in [0.29, 0.717) is 12.1 Å². The monoisotopic (exact) mass is 399 g/mol. The summed E-state index contributed by atoms with van der Waals surface area (Å²) < 4.78 is 0. The Kier molecular flexibility index (Phi) is 6.33. The van der Waals surface area contributed by atoms with Crippen LogP contribution in [0.5, 0.6) is 0 Å². The molecule has 0 aliphatic carbocycles. The van der Waals surface area contributed by atoms with Crippen molar-refractivity contribution in [1.29, 1.82) is 0 Å². The maximum Gasteiger partial charge on any atom is 0.225 e. The number of amides is 1. The molecule has 154 valence electrons. The Bertz CT molecular complexity index is 963. The van der Waals surface area contributed by atoms with Crippen molar-refractivity contribution >= 4 is 17.3 Å². The van der Waals surface area contributed by atoms with Crippen molar-refractivity contribution in [3.8, 4) is 0 Å². The molecule has 0 saturated carbocycles. The van der Waals surface area contributed by atoms with E-state index >= 15 is 0 Å². The lowest BCUT2D eigenvalue weighted by atomic mass is 9.95. The molecule has 1 amide bonds. The summed E-state index contributed by atoms with van der Waals surface area (Å²) in [6.45, 7) is 2.13. The fourth-order valence-corrected chi connectivity index (χ4v) is 4.17. The molecule has 30 heavy (non-hydrogen) atoms. The number of benzene rings is 3. The molecule has 1 aliphatic rings. The van der Waals surface area contributed by atoms with Gasteiger partial charge in [0.15, 0.2) is 0 Å². The van der Waals surface area contributed by atoms with Gasteiger partial charge in [-0.15, -0.1) is 0 Å². The predicted molar refractivity (Wildman–Crippen MR) is 123 cm³/mol. The molecule has 1 heterocycles. The van der Waals surface area contributed by atoms with Crippen LogP contribution in [0.3, 0.4) is 0 Å². The molecule has 1 saturated heterocycles. The van der Waals surface area contributed by atoms with E-state index in [1.807, 2.05) is 42.5 Å². The van der Waals surface area contributed by atoms with Crippen molar-refractivity contribution in [3.05, 3.63) is 95.6 Å². The molecule has 4 nitrogen and oxygen atoms in total. The highest BCUT2D eigenvalue weighted by Crippen LogP contribution is 2.32. The van der Waals surface area contributed by atoms with Gasteiger partial charge in [0.05, 0.1) is 12.5 Å². The predicted octanol–water partition coefficient (Wildman–Crippen LogP) is 4.71. The minimum atomic E-state index is -0.189. The Labute approximate surface area is 178 Å². The van der Waals surface area contributed by atoms with Crippen LogP contribution in [0.1, 0.15) is 42.0 Å². The fourth-order valence-electron chi connectivity index (χ4n) is 4.17. The summed E-state index contributed by atoms with van der Waals surface area (Å²) >= 11 is 0. The first kappa shape index (κ1) is 20.0. The van der Waals surface area contributed by atoms with Crippen LogP contribution in [0.15, 0.2) is 78.9 Å². The largest absolute Gasteiger partial charge is 0.399 e. The topological polar surface area (TPSA) is 58.4 Å². The van der Waals surface area contributed by atoms with Crippen LogP contribution >= 0.6 is 0 Å². The molecule has 3 N–H and O–H groups in total. The summed E-state index contributed by atoms with van der Waals surface area (Å²) in [6, 6.07) is 26.0. The van der Waals surface area contributed by atoms with Crippen molar-refractivity contribution in [3.63, 3.8) is 0 Å². The first-order valence-corrected chi connectivity index (χ1v) is 10.7. The zero-order valence-corrected chi connectivity index (χ0v) is 17.3. The maximum atomic E-state index is 13.0. The second-order valence-electron chi connectivity index (χ2n) is 7.94. The molecule has 0 aromatic heterocycles. The van der Waals surface area contributed by atoms with Crippen LogP contribution < -0.4 is 16.0 Å². The molecule has 3 aromatic rings. The lowest BCUT2D eigenvalue weighted by molar-refractivity contribution is -0.120. The number of nitrogens with two attached hydrogens (primary N) is 1. The molecule has 4 rings (SSSR count). The summed E-state index contributed by atoms with van der Waals surface area (Å²) in [7, 11) is 0. The lowest BCUT2D eigenvalue weighted by Gasteiger charge is -2.33. The Balaban J connectivity index is 1.63. The molecule has 1 unspecified atom stereocenters. The number of nitrogen functional groups attached to an aromatic ring is 1. The number of hydrogen-bond donors (Lipinski definition) is 2. The van der Waals surface area contributed by atoms with Gasteiger partial charge in [0.2, 0.25) is 5.91 Å². The molecule has 1 atom stereocenters. The third kappa shape index (κ3) is 4.82. The van der Waals surface area contributed by atoms with E-state index in [1.165, 1.54) is 24.9 Å². The minimum absolute atomic E-state index is 0.00192. The quantitative estimate of drug-likeness (QED) is 0.590. The standard InChI is InChI=1S/C26H29N3O/c27-22-15-13-20(14-16-22)19-25(30)28-26(21-9-3-1-4-10-21)23-11-5-6-12-24(23)29-17-7-2-8-18-29/h1,3-6,9-16,26H,2,7-8,17-19,27H2,(H,28,30). The number of carbonyl (C=O) groups is 1. The molecule has 0 bridgehead atoms. The van der Waals surface area contributed by atoms with Crippen molar-refractivity contribution in [1.82, 2.24) is 5.32 Å². The van der Waals surface area contributed by atoms with Gasteiger partial charge >= 0.3 is 0 Å². The van der Waals surface area contributed by atoms with E-state index in [1.54, 1.807) is 0 Å². The van der Waals surface area contributed by atoms with Gasteiger partial charge in [-0.2, -0.15) is 0 Å². The van der Waals surface area contributed by atoms with Crippen molar-refractivity contribution in [2.24, 2.45) is 0 Å². The Morgan fingerprint density at radius 2 is 1.53 bits per heavy atom. The van der Waals surface area contributed by atoms with Crippen molar-refractivity contribution in [2.75, 3.05) is 23.7 Å². The first-order valence-electron chi connectivity index (χ1n) is 10.7. The molecular formula is C26H29N3O. The zero-order chi connectivity index (χ0) is 20.8. The van der Waals surface area contributed by atoms with Gasteiger partial charge in [-0.05, 0) is 48.6 Å². The highest BCUT2D eigenvalue weighted by Gasteiger charge is 2.23. The number of para-hydroxylation sites is 1.